The van der Waals surface area contributed by atoms with Gasteiger partial charge in [-0.15, -0.1) is 0 Å². The van der Waals surface area contributed by atoms with Gasteiger partial charge in [0.1, 0.15) is 5.75 Å². The first-order valence-corrected chi connectivity index (χ1v) is 9.80. The van der Waals surface area contributed by atoms with E-state index in [9.17, 15) is 5.11 Å². The van der Waals surface area contributed by atoms with E-state index in [2.05, 4.69) is 39.8 Å². The third-order valence-electron chi connectivity index (χ3n) is 5.41. The highest BCUT2D eigenvalue weighted by molar-refractivity contribution is 5.87. The second-order valence-electron chi connectivity index (χ2n) is 7.44. The molecule has 148 valence electrons. The molecule has 1 atom stereocenters. The van der Waals surface area contributed by atoms with Crippen molar-refractivity contribution in [1.29, 1.82) is 0 Å². The largest absolute Gasteiger partial charge is 0.508 e. The van der Waals surface area contributed by atoms with Crippen LogP contribution in [-0.2, 0) is 7.05 Å². The van der Waals surface area contributed by atoms with E-state index >= 15 is 0 Å². The van der Waals surface area contributed by atoms with E-state index in [1.54, 1.807) is 12.1 Å². The molecule has 0 fully saturated rings. The predicted molar refractivity (Wildman–Crippen MR) is 117 cm³/mol. The molecule has 0 aliphatic rings. The number of hydrogen-bond acceptors (Lipinski definition) is 4. The molecule has 5 rings (SSSR count). The molecular formula is C24H21N5O. The minimum absolute atomic E-state index is 0.0502. The van der Waals surface area contributed by atoms with Crippen molar-refractivity contribution in [3.63, 3.8) is 0 Å². The maximum Gasteiger partial charge on any atom is 0.117 e. The zero-order chi connectivity index (χ0) is 20.7. The number of phenols is 1. The molecule has 30 heavy (non-hydrogen) atoms. The number of imidazole rings is 1. The van der Waals surface area contributed by atoms with Gasteiger partial charge in [0, 0.05) is 47.6 Å². The van der Waals surface area contributed by atoms with Gasteiger partial charge < -0.3 is 9.67 Å². The van der Waals surface area contributed by atoms with Crippen LogP contribution in [0.2, 0.25) is 0 Å². The van der Waals surface area contributed by atoms with E-state index in [-0.39, 0.29) is 11.8 Å². The molecule has 2 aromatic carbocycles. The Morgan fingerprint density at radius 1 is 0.933 bits per heavy atom. The number of aromatic nitrogens is 5. The van der Waals surface area contributed by atoms with Crippen LogP contribution in [0.5, 0.6) is 5.75 Å². The second-order valence-corrected chi connectivity index (χ2v) is 7.44. The first-order valence-electron chi connectivity index (χ1n) is 9.80. The summed E-state index contributed by atoms with van der Waals surface area (Å²) >= 11 is 0. The summed E-state index contributed by atoms with van der Waals surface area (Å²) in [6, 6.07) is 17.6. The highest BCUT2D eigenvalue weighted by atomic mass is 16.3. The fourth-order valence-electron chi connectivity index (χ4n) is 3.80. The summed E-state index contributed by atoms with van der Waals surface area (Å²) in [5.41, 5.74) is 5.79. The number of pyridine rings is 1. The normalized spacial score (nSPS) is 12.3. The van der Waals surface area contributed by atoms with Crippen LogP contribution >= 0.6 is 0 Å². The summed E-state index contributed by atoms with van der Waals surface area (Å²) < 4.78 is 3.98. The van der Waals surface area contributed by atoms with Gasteiger partial charge in [0.15, 0.2) is 0 Å². The van der Waals surface area contributed by atoms with Gasteiger partial charge in [-0.3, -0.25) is 9.67 Å². The van der Waals surface area contributed by atoms with E-state index in [0.717, 1.165) is 39.0 Å². The van der Waals surface area contributed by atoms with Gasteiger partial charge in [0.25, 0.3) is 0 Å². The summed E-state index contributed by atoms with van der Waals surface area (Å²) in [5.74, 6) is 0.211. The molecule has 0 spiro atoms. The lowest BCUT2D eigenvalue weighted by molar-refractivity contribution is 0.476. The number of phenolic OH excluding ortho intramolecular Hbond substituents is 1. The Balaban J connectivity index is 1.72. The highest BCUT2D eigenvalue weighted by Crippen LogP contribution is 2.35. The van der Waals surface area contributed by atoms with E-state index in [1.165, 1.54) is 0 Å². The molecule has 5 aromatic rings. The van der Waals surface area contributed by atoms with Crippen LogP contribution in [0.1, 0.15) is 18.5 Å². The zero-order valence-corrected chi connectivity index (χ0v) is 16.8. The van der Waals surface area contributed by atoms with Crippen molar-refractivity contribution in [1.82, 2.24) is 24.3 Å². The standard InChI is InChI=1S/C24H21N5O/c1-16(20-13-27-28(2)14-20)29-15-26-23(17-6-4-3-5-7-17)24(29)19-10-18-8-9-21(30)11-22(18)25-12-19/h3-16,30H,1-2H3. The smallest absolute Gasteiger partial charge is 0.117 e. The number of hydrogen-bond donors (Lipinski definition) is 1. The van der Waals surface area contributed by atoms with Gasteiger partial charge >= 0.3 is 0 Å². The van der Waals surface area contributed by atoms with Crippen LogP contribution in [0.3, 0.4) is 0 Å². The fourth-order valence-corrected chi connectivity index (χ4v) is 3.80. The van der Waals surface area contributed by atoms with Gasteiger partial charge in [-0.25, -0.2) is 4.98 Å². The topological polar surface area (TPSA) is 68.8 Å². The average molecular weight is 395 g/mol. The molecule has 1 unspecified atom stereocenters. The molecule has 3 heterocycles. The van der Waals surface area contributed by atoms with E-state index < -0.39 is 0 Å². The van der Waals surface area contributed by atoms with Crippen molar-refractivity contribution in [3.05, 3.63) is 85.1 Å². The van der Waals surface area contributed by atoms with E-state index in [0.29, 0.717) is 0 Å². The first kappa shape index (κ1) is 18.1. The van der Waals surface area contributed by atoms with Crippen LogP contribution in [0.25, 0.3) is 33.4 Å². The molecule has 3 aromatic heterocycles. The van der Waals surface area contributed by atoms with Gasteiger partial charge in [0.05, 0.1) is 35.5 Å². The predicted octanol–water partition coefficient (Wildman–Crippen LogP) is 4.81. The Bertz CT molecular complexity index is 1340. The summed E-state index contributed by atoms with van der Waals surface area (Å²) in [6.07, 6.45) is 7.64. The van der Waals surface area contributed by atoms with E-state index in [4.69, 9.17) is 4.98 Å². The molecule has 1 N–H and O–H groups in total. The maximum atomic E-state index is 9.76. The number of aryl methyl sites for hydroxylation is 1. The third kappa shape index (κ3) is 3.12. The fraction of sp³-hybridized carbons (Fsp3) is 0.125. The SMILES string of the molecule is CC(c1cnn(C)c1)n1cnc(-c2ccccc2)c1-c1cnc2cc(O)ccc2c1. The summed E-state index contributed by atoms with van der Waals surface area (Å²) in [5, 5.41) is 15.0. The third-order valence-corrected chi connectivity index (χ3v) is 5.41. The molecule has 0 saturated carbocycles. The minimum Gasteiger partial charge on any atom is -0.508 e. The Morgan fingerprint density at radius 2 is 1.77 bits per heavy atom. The number of benzene rings is 2. The second kappa shape index (κ2) is 7.15. The van der Waals surface area contributed by atoms with Crippen molar-refractivity contribution in [2.45, 2.75) is 13.0 Å². The number of aromatic hydroxyl groups is 1. The quantitative estimate of drug-likeness (QED) is 0.474. The zero-order valence-electron chi connectivity index (χ0n) is 16.8. The lowest BCUT2D eigenvalue weighted by atomic mass is 10.0. The summed E-state index contributed by atoms with van der Waals surface area (Å²) in [6.45, 7) is 2.14. The summed E-state index contributed by atoms with van der Waals surface area (Å²) in [7, 11) is 1.92. The lowest BCUT2D eigenvalue weighted by Crippen LogP contribution is -2.07. The Kier molecular flexibility index (Phi) is 4.32. The highest BCUT2D eigenvalue weighted by Gasteiger charge is 2.20. The van der Waals surface area contributed by atoms with Crippen LogP contribution in [-0.4, -0.2) is 29.4 Å². The maximum absolute atomic E-state index is 9.76. The molecule has 6 heteroatoms. The van der Waals surface area contributed by atoms with Crippen molar-refractivity contribution in [2.24, 2.45) is 7.05 Å². The van der Waals surface area contributed by atoms with Crippen LogP contribution < -0.4 is 0 Å². The molecule has 0 saturated heterocycles. The number of fused-ring (bicyclic) bond motifs is 1. The Hall–Kier alpha value is -3.93. The molecule has 0 radical (unpaired) electrons. The molecule has 0 aliphatic heterocycles. The summed E-state index contributed by atoms with van der Waals surface area (Å²) in [4.78, 5) is 9.37. The minimum atomic E-state index is 0.0502. The van der Waals surface area contributed by atoms with Gasteiger partial charge in [-0.1, -0.05) is 30.3 Å². The number of rotatable bonds is 4. The Labute approximate surface area is 174 Å². The monoisotopic (exact) mass is 395 g/mol. The molecule has 0 amide bonds. The van der Waals surface area contributed by atoms with Gasteiger partial charge in [-0.05, 0) is 25.1 Å². The van der Waals surface area contributed by atoms with Crippen molar-refractivity contribution < 1.29 is 5.11 Å². The molecule has 0 aliphatic carbocycles. The van der Waals surface area contributed by atoms with Gasteiger partial charge in [-0.2, -0.15) is 5.10 Å². The molecule has 0 bridgehead atoms. The van der Waals surface area contributed by atoms with Crippen molar-refractivity contribution in [2.75, 3.05) is 0 Å². The average Bonchev–Trinajstić information content (AvgIpc) is 3.40. The number of nitrogens with zero attached hydrogens (tertiary/aromatic N) is 5. The van der Waals surface area contributed by atoms with Crippen LogP contribution in [0, 0.1) is 0 Å². The Morgan fingerprint density at radius 3 is 2.53 bits per heavy atom. The van der Waals surface area contributed by atoms with Crippen LogP contribution in [0.4, 0.5) is 0 Å². The first-order chi connectivity index (χ1) is 14.6. The lowest BCUT2D eigenvalue weighted by Gasteiger charge is -2.17. The van der Waals surface area contributed by atoms with Gasteiger partial charge in [0.2, 0.25) is 0 Å². The van der Waals surface area contributed by atoms with Crippen LogP contribution in [0.15, 0.2) is 79.5 Å². The van der Waals surface area contributed by atoms with E-state index in [1.807, 2.05) is 60.9 Å². The molecular weight excluding hydrogens is 374 g/mol. The molecule has 6 nitrogen and oxygen atoms in total. The van der Waals surface area contributed by atoms with Crippen molar-refractivity contribution >= 4 is 10.9 Å². The van der Waals surface area contributed by atoms with Crippen molar-refractivity contribution in [3.8, 4) is 28.3 Å².